The Labute approximate surface area is 103 Å². The van der Waals surface area contributed by atoms with Crippen LogP contribution in [0.1, 0.15) is 12.8 Å². The highest BCUT2D eigenvalue weighted by Crippen LogP contribution is 2.28. The number of nitrogens with two attached hydrogens (primary N) is 1. The minimum atomic E-state index is 0.270. The van der Waals surface area contributed by atoms with Crippen LogP contribution in [0.15, 0.2) is 18.2 Å². The number of nitrogens with zero attached hydrogens (tertiary/aromatic N) is 1. The summed E-state index contributed by atoms with van der Waals surface area (Å²) in [5, 5.41) is 0.600. The number of nitrogen functional groups attached to an aromatic ring is 1. The Morgan fingerprint density at radius 1 is 1.35 bits per heavy atom. The van der Waals surface area contributed by atoms with Crippen LogP contribution >= 0.6 is 11.3 Å². The Morgan fingerprint density at radius 3 is 3.00 bits per heavy atom. The molecule has 1 aromatic heterocycles. The van der Waals surface area contributed by atoms with Gasteiger partial charge >= 0.3 is 0 Å². The Hall–Kier alpha value is -1.33. The van der Waals surface area contributed by atoms with Crippen molar-refractivity contribution in [2.24, 2.45) is 0 Å². The molecule has 4 nitrogen and oxygen atoms in total. The van der Waals surface area contributed by atoms with Crippen molar-refractivity contribution in [1.29, 1.82) is 0 Å². The molecule has 2 N–H and O–H groups in total. The first-order valence-corrected chi connectivity index (χ1v) is 6.53. The van der Waals surface area contributed by atoms with E-state index in [-0.39, 0.29) is 6.10 Å². The molecule has 0 saturated carbocycles. The topological polar surface area (TPSA) is 57.4 Å². The molecule has 0 radical (unpaired) electrons. The molecule has 1 aromatic carbocycles. The first kappa shape index (κ1) is 10.8. The van der Waals surface area contributed by atoms with Gasteiger partial charge in [0.25, 0.3) is 0 Å². The molecular weight excluding hydrogens is 236 g/mol. The van der Waals surface area contributed by atoms with Gasteiger partial charge in [0, 0.05) is 12.8 Å². The monoisotopic (exact) mass is 250 g/mol. The number of hydrogen-bond acceptors (Lipinski definition) is 5. The van der Waals surface area contributed by atoms with E-state index >= 15 is 0 Å². The molecule has 3 rings (SSSR count). The minimum absolute atomic E-state index is 0.270. The number of aromatic nitrogens is 1. The van der Waals surface area contributed by atoms with Gasteiger partial charge in [-0.25, -0.2) is 4.98 Å². The van der Waals surface area contributed by atoms with Gasteiger partial charge in [-0.2, -0.15) is 0 Å². The van der Waals surface area contributed by atoms with Crippen LogP contribution in [0.2, 0.25) is 0 Å². The Kier molecular flexibility index (Phi) is 2.86. The third-order valence-corrected chi connectivity index (χ3v) is 3.69. The lowest BCUT2D eigenvalue weighted by molar-refractivity contribution is 0.0256. The van der Waals surface area contributed by atoms with Gasteiger partial charge in [0.05, 0.1) is 23.4 Å². The summed E-state index contributed by atoms with van der Waals surface area (Å²) in [6.07, 6.45) is 2.19. The fourth-order valence-corrected chi connectivity index (χ4v) is 2.74. The number of ether oxygens (including phenoxy) is 2. The Bertz CT molecular complexity index is 520. The summed E-state index contributed by atoms with van der Waals surface area (Å²) in [7, 11) is 0. The maximum absolute atomic E-state index is 5.93. The number of anilines is 1. The zero-order valence-electron chi connectivity index (χ0n) is 9.39. The zero-order valence-corrected chi connectivity index (χ0v) is 10.2. The van der Waals surface area contributed by atoms with E-state index < -0.39 is 0 Å². The van der Waals surface area contributed by atoms with Crippen molar-refractivity contribution >= 4 is 26.7 Å². The summed E-state index contributed by atoms with van der Waals surface area (Å²) in [5.41, 5.74) is 6.61. The van der Waals surface area contributed by atoms with Crippen molar-refractivity contribution in [1.82, 2.24) is 4.98 Å². The van der Waals surface area contributed by atoms with Crippen LogP contribution in [0.4, 0.5) is 5.13 Å². The van der Waals surface area contributed by atoms with E-state index in [0.29, 0.717) is 5.13 Å². The van der Waals surface area contributed by atoms with Gasteiger partial charge in [-0.1, -0.05) is 11.3 Å². The molecule has 17 heavy (non-hydrogen) atoms. The first-order valence-electron chi connectivity index (χ1n) is 5.72. The molecule has 1 aliphatic rings. The third kappa shape index (κ3) is 2.35. The zero-order chi connectivity index (χ0) is 11.7. The van der Waals surface area contributed by atoms with Gasteiger partial charge in [0.2, 0.25) is 0 Å². The van der Waals surface area contributed by atoms with Crippen LogP contribution in [0.5, 0.6) is 5.75 Å². The molecule has 0 unspecified atom stereocenters. The second-order valence-electron chi connectivity index (χ2n) is 4.11. The molecule has 1 saturated heterocycles. The highest BCUT2D eigenvalue weighted by Gasteiger charge is 2.15. The minimum Gasteiger partial charge on any atom is -0.490 e. The van der Waals surface area contributed by atoms with E-state index in [0.717, 1.165) is 42.0 Å². The fourth-order valence-electron chi connectivity index (χ4n) is 1.98. The summed E-state index contributed by atoms with van der Waals surface area (Å²) in [6, 6.07) is 5.92. The molecule has 0 amide bonds. The Morgan fingerprint density at radius 2 is 2.18 bits per heavy atom. The molecular formula is C12H14N2O2S. The van der Waals surface area contributed by atoms with Crippen LogP contribution in [-0.4, -0.2) is 24.3 Å². The Balaban J connectivity index is 1.79. The van der Waals surface area contributed by atoms with E-state index in [9.17, 15) is 0 Å². The van der Waals surface area contributed by atoms with Crippen LogP contribution in [0.3, 0.4) is 0 Å². The largest absolute Gasteiger partial charge is 0.490 e. The maximum atomic E-state index is 5.93. The van der Waals surface area contributed by atoms with Gasteiger partial charge in [0.1, 0.15) is 11.9 Å². The average molecular weight is 250 g/mol. The van der Waals surface area contributed by atoms with Crippen molar-refractivity contribution in [3.8, 4) is 5.75 Å². The predicted octanol–water partition coefficient (Wildman–Crippen LogP) is 2.44. The molecule has 0 spiro atoms. The third-order valence-electron chi connectivity index (χ3n) is 2.85. The number of thiazole rings is 1. The standard InChI is InChI=1S/C12H14N2O2S/c13-12-14-10-2-1-9(7-11(10)17-12)16-8-3-5-15-6-4-8/h1-2,7-8H,3-6H2,(H2,13,14). The van der Waals surface area contributed by atoms with Crippen LogP contribution in [0.25, 0.3) is 10.2 Å². The average Bonchev–Trinajstić information content (AvgIpc) is 2.70. The highest BCUT2D eigenvalue weighted by molar-refractivity contribution is 7.22. The molecule has 2 heterocycles. The summed E-state index contributed by atoms with van der Waals surface area (Å²) < 4.78 is 12.3. The van der Waals surface area contributed by atoms with Gasteiger partial charge in [0.15, 0.2) is 5.13 Å². The van der Waals surface area contributed by atoms with Crippen molar-refractivity contribution in [2.75, 3.05) is 18.9 Å². The van der Waals surface area contributed by atoms with E-state index in [1.54, 1.807) is 0 Å². The summed E-state index contributed by atoms with van der Waals surface area (Å²) in [6.45, 7) is 1.58. The lowest BCUT2D eigenvalue weighted by atomic mass is 10.1. The molecule has 0 aliphatic carbocycles. The van der Waals surface area contributed by atoms with Gasteiger partial charge in [-0.05, 0) is 18.2 Å². The molecule has 0 bridgehead atoms. The lowest BCUT2D eigenvalue weighted by Gasteiger charge is -2.23. The fraction of sp³-hybridized carbons (Fsp3) is 0.417. The van der Waals surface area contributed by atoms with E-state index in [2.05, 4.69) is 4.98 Å². The van der Waals surface area contributed by atoms with E-state index in [1.165, 1.54) is 11.3 Å². The molecule has 2 aromatic rings. The summed E-state index contributed by atoms with van der Waals surface area (Å²) in [5.74, 6) is 0.896. The predicted molar refractivity (Wildman–Crippen MR) is 68.5 cm³/mol. The van der Waals surface area contributed by atoms with Crippen molar-refractivity contribution in [3.05, 3.63) is 18.2 Å². The molecule has 0 atom stereocenters. The van der Waals surface area contributed by atoms with Crippen molar-refractivity contribution < 1.29 is 9.47 Å². The lowest BCUT2D eigenvalue weighted by Crippen LogP contribution is -2.25. The quantitative estimate of drug-likeness (QED) is 0.889. The van der Waals surface area contributed by atoms with Crippen LogP contribution in [-0.2, 0) is 4.74 Å². The second-order valence-corrected chi connectivity index (χ2v) is 5.17. The number of fused-ring (bicyclic) bond motifs is 1. The van der Waals surface area contributed by atoms with Gasteiger partial charge in [-0.3, -0.25) is 0 Å². The second kappa shape index (κ2) is 4.50. The number of benzene rings is 1. The van der Waals surface area contributed by atoms with Crippen LogP contribution in [0, 0.1) is 0 Å². The molecule has 1 fully saturated rings. The maximum Gasteiger partial charge on any atom is 0.181 e. The van der Waals surface area contributed by atoms with Gasteiger partial charge < -0.3 is 15.2 Å². The van der Waals surface area contributed by atoms with E-state index in [1.807, 2.05) is 18.2 Å². The summed E-state index contributed by atoms with van der Waals surface area (Å²) in [4.78, 5) is 4.22. The van der Waals surface area contributed by atoms with Gasteiger partial charge in [-0.15, -0.1) is 0 Å². The normalized spacial score (nSPS) is 17.4. The highest BCUT2D eigenvalue weighted by atomic mass is 32.1. The van der Waals surface area contributed by atoms with E-state index in [4.69, 9.17) is 15.2 Å². The van der Waals surface area contributed by atoms with Crippen molar-refractivity contribution in [2.45, 2.75) is 18.9 Å². The smallest absolute Gasteiger partial charge is 0.181 e. The number of rotatable bonds is 2. The summed E-state index contributed by atoms with van der Waals surface area (Å²) >= 11 is 1.49. The first-order chi connectivity index (χ1) is 8.31. The number of hydrogen-bond donors (Lipinski definition) is 1. The molecule has 90 valence electrons. The van der Waals surface area contributed by atoms with Crippen LogP contribution < -0.4 is 10.5 Å². The SMILES string of the molecule is Nc1nc2ccc(OC3CCOCC3)cc2s1. The molecule has 1 aliphatic heterocycles. The molecule has 5 heteroatoms. The van der Waals surface area contributed by atoms with Crippen molar-refractivity contribution in [3.63, 3.8) is 0 Å².